The van der Waals surface area contributed by atoms with E-state index in [0.29, 0.717) is 0 Å². The predicted molar refractivity (Wildman–Crippen MR) is 69.7 cm³/mol. The van der Waals surface area contributed by atoms with Crippen molar-refractivity contribution in [3.63, 3.8) is 0 Å². The summed E-state index contributed by atoms with van der Waals surface area (Å²) in [5.41, 5.74) is 10.0. The fraction of sp³-hybridized carbons (Fsp3) is 0.133. The Morgan fingerprint density at radius 2 is 1.76 bits per heavy atom. The van der Waals surface area contributed by atoms with Crippen LogP contribution in [0.4, 0.5) is 5.69 Å². The molecule has 0 saturated heterocycles. The summed E-state index contributed by atoms with van der Waals surface area (Å²) in [4.78, 5) is 0. The van der Waals surface area contributed by atoms with Crippen molar-refractivity contribution in [2.75, 3.05) is 0 Å². The van der Waals surface area contributed by atoms with E-state index in [1.165, 1.54) is 16.7 Å². The van der Waals surface area contributed by atoms with Gasteiger partial charge in [-0.3, -0.25) is 0 Å². The van der Waals surface area contributed by atoms with E-state index in [4.69, 9.17) is 0 Å². The minimum absolute atomic E-state index is 0.849. The summed E-state index contributed by atoms with van der Waals surface area (Å²) in [7, 11) is 0. The Morgan fingerprint density at radius 1 is 0.941 bits per heavy atom. The van der Waals surface area contributed by atoms with Gasteiger partial charge >= 0.3 is 0 Å². The highest BCUT2D eigenvalue weighted by molar-refractivity contribution is 6.08. The molecule has 0 aliphatic carbocycles. The number of hydrogen-bond acceptors (Lipinski definition) is 1. The molecule has 0 aromatic heterocycles. The van der Waals surface area contributed by atoms with Crippen LogP contribution in [-0.2, 0) is 6.42 Å². The first kappa shape index (κ1) is 10.1. The van der Waals surface area contributed by atoms with E-state index in [2.05, 4.69) is 47.8 Å². The number of benzene rings is 2. The summed E-state index contributed by atoms with van der Waals surface area (Å²) in [6.07, 6.45) is 0.849. The van der Waals surface area contributed by atoms with Crippen LogP contribution in [0, 0.1) is 6.92 Å². The van der Waals surface area contributed by atoms with Gasteiger partial charge in [0.25, 0.3) is 0 Å². The van der Waals surface area contributed by atoms with Crippen molar-refractivity contribution in [1.82, 2.24) is 5.43 Å². The highest BCUT2D eigenvalue weighted by Crippen LogP contribution is 2.26. The fourth-order valence-corrected chi connectivity index (χ4v) is 2.19. The summed E-state index contributed by atoms with van der Waals surface area (Å²) < 4.78 is 0. The number of hydrogen-bond donors (Lipinski definition) is 0. The van der Waals surface area contributed by atoms with Crippen LogP contribution in [0.15, 0.2) is 53.6 Å². The van der Waals surface area contributed by atoms with Gasteiger partial charge < -0.3 is 0 Å². The first-order valence-electron chi connectivity index (χ1n) is 5.76. The van der Waals surface area contributed by atoms with Crippen molar-refractivity contribution >= 4 is 11.4 Å². The first-order chi connectivity index (χ1) is 8.34. The maximum absolute atomic E-state index is 4.30. The zero-order valence-corrected chi connectivity index (χ0v) is 9.72. The molecule has 83 valence electrons. The third-order valence-corrected chi connectivity index (χ3v) is 3.03. The standard InChI is InChI=1S/C15H13N2/c1-11-6-5-9-13-15(11)14(17-16-13)10-12-7-3-2-4-8-12/h2-9H,10H2,1H3. The molecule has 0 atom stereocenters. The maximum atomic E-state index is 4.30. The van der Waals surface area contributed by atoms with Gasteiger partial charge in [-0.05, 0) is 24.1 Å². The topological polar surface area (TPSA) is 26.5 Å². The van der Waals surface area contributed by atoms with Gasteiger partial charge in [0.2, 0.25) is 0 Å². The van der Waals surface area contributed by atoms with Crippen LogP contribution in [0.5, 0.6) is 0 Å². The number of rotatable bonds is 2. The quantitative estimate of drug-likeness (QED) is 0.744. The predicted octanol–water partition coefficient (Wildman–Crippen LogP) is 3.19. The SMILES string of the molecule is Cc1cccc2c1C(Cc1ccccc1)=N[N]2. The van der Waals surface area contributed by atoms with Gasteiger partial charge in [0.05, 0.1) is 11.4 Å². The molecule has 3 rings (SSSR count). The molecule has 0 spiro atoms. The largest absolute Gasteiger partial charge is 0.154 e. The lowest BCUT2D eigenvalue weighted by atomic mass is 9.98. The van der Waals surface area contributed by atoms with Crippen LogP contribution in [0.2, 0.25) is 0 Å². The van der Waals surface area contributed by atoms with Gasteiger partial charge in [-0.15, -0.1) is 0 Å². The van der Waals surface area contributed by atoms with Gasteiger partial charge in [-0.25, -0.2) is 0 Å². The molecule has 1 aliphatic heterocycles. The summed E-state index contributed by atoms with van der Waals surface area (Å²) in [5, 5.41) is 4.30. The first-order valence-corrected chi connectivity index (χ1v) is 5.76. The molecular formula is C15H13N2. The van der Waals surface area contributed by atoms with Crippen LogP contribution >= 0.6 is 0 Å². The third kappa shape index (κ3) is 1.82. The Hall–Kier alpha value is -2.09. The Labute approximate surface area is 101 Å². The molecule has 2 aromatic rings. The Morgan fingerprint density at radius 3 is 2.59 bits per heavy atom. The molecule has 1 radical (unpaired) electrons. The van der Waals surface area contributed by atoms with E-state index >= 15 is 0 Å². The second-order valence-corrected chi connectivity index (χ2v) is 4.28. The fourth-order valence-electron chi connectivity index (χ4n) is 2.19. The van der Waals surface area contributed by atoms with E-state index in [1.807, 2.05) is 18.2 Å². The highest BCUT2D eigenvalue weighted by Gasteiger charge is 2.19. The molecule has 0 N–H and O–H groups in total. The molecular weight excluding hydrogens is 208 g/mol. The van der Waals surface area contributed by atoms with E-state index in [9.17, 15) is 0 Å². The lowest BCUT2D eigenvalue weighted by molar-refractivity contribution is 0.981. The summed E-state index contributed by atoms with van der Waals surface area (Å²) in [5.74, 6) is 0. The number of fused-ring (bicyclic) bond motifs is 1. The lowest BCUT2D eigenvalue weighted by Gasteiger charge is -2.05. The molecule has 0 saturated carbocycles. The highest BCUT2D eigenvalue weighted by atomic mass is 15.3. The van der Waals surface area contributed by atoms with Gasteiger partial charge in [0.1, 0.15) is 0 Å². The van der Waals surface area contributed by atoms with Crippen molar-refractivity contribution in [2.24, 2.45) is 5.10 Å². The molecule has 1 heterocycles. The monoisotopic (exact) mass is 221 g/mol. The van der Waals surface area contributed by atoms with Crippen molar-refractivity contribution in [2.45, 2.75) is 13.3 Å². The zero-order chi connectivity index (χ0) is 11.7. The smallest absolute Gasteiger partial charge is 0.0950 e. The molecule has 2 aromatic carbocycles. The summed E-state index contributed by atoms with van der Waals surface area (Å²) >= 11 is 0. The van der Waals surface area contributed by atoms with Crippen LogP contribution in [-0.4, -0.2) is 5.71 Å². The van der Waals surface area contributed by atoms with Gasteiger partial charge in [-0.1, -0.05) is 42.5 Å². The van der Waals surface area contributed by atoms with Crippen LogP contribution in [0.1, 0.15) is 16.7 Å². The van der Waals surface area contributed by atoms with Crippen molar-refractivity contribution < 1.29 is 0 Å². The molecule has 0 amide bonds. The minimum atomic E-state index is 0.849. The lowest BCUT2D eigenvalue weighted by Crippen LogP contribution is -2.03. The van der Waals surface area contributed by atoms with Crippen LogP contribution in [0.25, 0.3) is 0 Å². The zero-order valence-electron chi connectivity index (χ0n) is 9.72. The Balaban J connectivity index is 1.94. The third-order valence-electron chi connectivity index (χ3n) is 3.03. The average Bonchev–Trinajstić information content (AvgIpc) is 2.75. The van der Waals surface area contributed by atoms with Crippen LogP contribution in [0.3, 0.4) is 0 Å². The molecule has 2 nitrogen and oxygen atoms in total. The van der Waals surface area contributed by atoms with E-state index < -0.39 is 0 Å². The molecule has 0 fully saturated rings. The number of nitrogens with zero attached hydrogens (tertiary/aromatic N) is 2. The summed E-state index contributed by atoms with van der Waals surface area (Å²) in [6, 6.07) is 16.5. The Kier molecular flexibility index (Phi) is 2.41. The molecule has 0 unspecified atom stereocenters. The summed E-state index contributed by atoms with van der Waals surface area (Å²) in [6.45, 7) is 2.11. The second-order valence-electron chi connectivity index (χ2n) is 4.28. The van der Waals surface area contributed by atoms with Gasteiger partial charge in [-0.2, -0.15) is 10.5 Å². The van der Waals surface area contributed by atoms with E-state index in [1.54, 1.807) is 0 Å². The van der Waals surface area contributed by atoms with Gasteiger partial charge in [0, 0.05) is 12.0 Å². The van der Waals surface area contributed by atoms with Crippen molar-refractivity contribution in [3.05, 3.63) is 65.2 Å². The number of aryl methyl sites for hydroxylation is 1. The molecule has 1 aliphatic rings. The second kappa shape index (κ2) is 4.06. The Bertz CT molecular complexity index is 571. The van der Waals surface area contributed by atoms with Gasteiger partial charge in [0.15, 0.2) is 0 Å². The van der Waals surface area contributed by atoms with Crippen molar-refractivity contribution in [1.29, 1.82) is 0 Å². The van der Waals surface area contributed by atoms with E-state index in [0.717, 1.165) is 17.8 Å². The van der Waals surface area contributed by atoms with Crippen LogP contribution < -0.4 is 5.43 Å². The maximum Gasteiger partial charge on any atom is 0.0950 e. The minimum Gasteiger partial charge on any atom is -0.154 e. The average molecular weight is 221 g/mol. The van der Waals surface area contributed by atoms with E-state index in [-0.39, 0.29) is 0 Å². The molecule has 17 heavy (non-hydrogen) atoms. The molecule has 0 bridgehead atoms. The molecule has 2 heteroatoms. The van der Waals surface area contributed by atoms with Crippen molar-refractivity contribution in [3.8, 4) is 0 Å². The normalized spacial score (nSPS) is 12.9.